The first-order valence-electron chi connectivity index (χ1n) is 3.65. The van der Waals surface area contributed by atoms with Crippen LogP contribution in [0.15, 0.2) is 18.2 Å². The van der Waals surface area contributed by atoms with E-state index in [4.69, 9.17) is 23.2 Å². The highest BCUT2D eigenvalue weighted by molar-refractivity contribution is 6.34. The zero-order valence-electron chi connectivity index (χ0n) is 6.65. The smallest absolute Gasteiger partial charge is 0.0960 e. The van der Waals surface area contributed by atoms with Crippen molar-refractivity contribution in [3.63, 3.8) is 0 Å². The van der Waals surface area contributed by atoms with Crippen molar-refractivity contribution in [2.24, 2.45) is 0 Å². The van der Waals surface area contributed by atoms with E-state index in [1.54, 1.807) is 25.1 Å². The summed E-state index contributed by atoms with van der Waals surface area (Å²) in [7, 11) is 0. The summed E-state index contributed by atoms with van der Waals surface area (Å²) in [5, 5.41) is 1.11. The van der Waals surface area contributed by atoms with Gasteiger partial charge >= 0.3 is 0 Å². The van der Waals surface area contributed by atoms with Crippen LogP contribution in [0.3, 0.4) is 0 Å². The topological polar surface area (TPSA) is 0 Å². The Labute approximate surface area is 81.3 Å². The van der Waals surface area contributed by atoms with Gasteiger partial charge in [-0.25, -0.2) is 0 Å². The molecule has 0 aliphatic heterocycles. The van der Waals surface area contributed by atoms with E-state index in [0.717, 1.165) is 5.56 Å². The fourth-order valence-corrected chi connectivity index (χ4v) is 1.49. The average molecular weight is 207 g/mol. The van der Waals surface area contributed by atoms with Crippen molar-refractivity contribution in [3.05, 3.63) is 33.8 Å². The summed E-state index contributed by atoms with van der Waals surface area (Å²) >= 11 is 11.5. The van der Waals surface area contributed by atoms with Crippen molar-refractivity contribution in [1.29, 1.82) is 0 Å². The molecule has 0 amide bonds. The lowest BCUT2D eigenvalue weighted by Gasteiger charge is -2.07. The third-order valence-electron chi connectivity index (χ3n) is 1.69. The molecule has 1 aromatic carbocycles. The first-order chi connectivity index (χ1) is 5.63. The van der Waals surface area contributed by atoms with Crippen molar-refractivity contribution < 1.29 is 4.39 Å². The molecule has 0 radical (unpaired) electrons. The van der Waals surface area contributed by atoms with Gasteiger partial charge in [-0.05, 0) is 23.8 Å². The Hall–Kier alpha value is -0.270. The molecule has 0 saturated carbocycles. The summed E-state index contributed by atoms with van der Waals surface area (Å²) in [5.41, 5.74) is 0.843. The van der Waals surface area contributed by atoms with Gasteiger partial charge in [0.15, 0.2) is 0 Å². The zero-order valence-corrected chi connectivity index (χ0v) is 8.16. The lowest BCUT2D eigenvalue weighted by molar-refractivity contribution is 0.447. The van der Waals surface area contributed by atoms with Gasteiger partial charge in [0.1, 0.15) is 0 Å². The van der Waals surface area contributed by atoms with Crippen LogP contribution in [0.5, 0.6) is 0 Å². The second-order valence-electron chi connectivity index (χ2n) is 2.76. The molecular formula is C9H9Cl2F. The SMILES string of the molecule is CC(CF)c1cc(Cl)cc(Cl)c1. The Bertz CT molecular complexity index is 253. The third-order valence-corrected chi connectivity index (χ3v) is 2.12. The molecule has 1 aromatic rings. The maximum absolute atomic E-state index is 12.2. The van der Waals surface area contributed by atoms with Crippen molar-refractivity contribution in [2.45, 2.75) is 12.8 Å². The van der Waals surface area contributed by atoms with Gasteiger partial charge in [-0.2, -0.15) is 0 Å². The fraction of sp³-hybridized carbons (Fsp3) is 0.333. The van der Waals surface area contributed by atoms with Gasteiger partial charge in [-0.15, -0.1) is 0 Å². The fourth-order valence-electron chi connectivity index (χ4n) is 0.949. The molecule has 1 unspecified atom stereocenters. The molecule has 0 bridgehead atoms. The Morgan fingerprint density at radius 3 is 2.17 bits per heavy atom. The van der Waals surface area contributed by atoms with Crippen LogP contribution in [0.4, 0.5) is 4.39 Å². The number of alkyl halides is 1. The lowest BCUT2D eigenvalue weighted by Crippen LogP contribution is -1.94. The molecule has 66 valence electrons. The van der Waals surface area contributed by atoms with Crippen molar-refractivity contribution in [2.75, 3.05) is 6.67 Å². The second-order valence-corrected chi connectivity index (χ2v) is 3.63. The van der Waals surface area contributed by atoms with Crippen LogP contribution in [0.1, 0.15) is 18.4 Å². The first kappa shape index (κ1) is 9.82. The number of halogens is 3. The van der Waals surface area contributed by atoms with Gasteiger partial charge in [0.25, 0.3) is 0 Å². The highest BCUT2D eigenvalue weighted by atomic mass is 35.5. The predicted molar refractivity (Wildman–Crippen MR) is 50.9 cm³/mol. The maximum Gasteiger partial charge on any atom is 0.0960 e. The molecule has 0 fully saturated rings. The number of rotatable bonds is 2. The zero-order chi connectivity index (χ0) is 9.14. The standard InChI is InChI=1S/C9H9Cl2F/c1-6(5-12)7-2-8(10)4-9(11)3-7/h2-4,6H,5H2,1H3. The minimum atomic E-state index is -0.392. The summed E-state index contributed by atoms with van der Waals surface area (Å²) in [4.78, 5) is 0. The molecule has 0 aliphatic carbocycles. The van der Waals surface area contributed by atoms with E-state index < -0.39 is 6.67 Å². The van der Waals surface area contributed by atoms with Gasteiger partial charge in [-0.3, -0.25) is 4.39 Å². The molecule has 0 nitrogen and oxygen atoms in total. The summed E-state index contributed by atoms with van der Waals surface area (Å²) in [6.45, 7) is 1.40. The minimum Gasteiger partial charge on any atom is -0.250 e. The van der Waals surface area contributed by atoms with Crippen molar-refractivity contribution >= 4 is 23.2 Å². The van der Waals surface area contributed by atoms with Gasteiger partial charge in [-0.1, -0.05) is 30.1 Å². The molecule has 12 heavy (non-hydrogen) atoms. The molecule has 3 heteroatoms. The molecular weight excluding hydrogens is 198 g/mol. The molecule has 1 atom stereocenters. The summed E-state index contributed by atoms with van der Waals surface area (Å²) in [6.07, 6.45) is 0. The van der Waals surface area contributed by atoms with Crippen LogP contribution in [-0.2, 0) is 0 Å². The van der Waals surface area contributed by atoms with E-state index >= 15 is 0 Å². The number of hydrogen-bond acceptors (Lipinski definition) is 0. The molecule has 0 aliphatic rings. The first-order valence-corrected chi connectivity index (χ1v) is 4.41. The van der Waals surface area contributed by atoms with Crippen LogP contribution in [0, 0.1) is 0 Å². The maximum atomic E-state index is 12.2. The molecule has 0 saturated heterocycles. The molecule has 0 spiro atoms. The van der Waals surface area contributed by atoms with Crippen molar-refractivity contribution in [3.8, 4) is 0 Å². The Morgan fingerprint density at radius 1 is 1.25 bits per heavy atom. The molecule has 0 heterocycles. The van der Waals surface area contributed by atoms with Crippen LogP contribution < -0.4 is 0 Å². The molecule has 0 aromatic heterocycles. The average Bonchev–Trinajstić information content (AvgIpc) is 2.01. The predicted octanol–water partition coefficient (Wildman–Crippen LogP) is 4.07. The quantitative estimate of drug-likeness (QED) is 0.685. The highest BCUT2D eigenvalue weighted by Gasteiger charge is 2.06. The van der Waals surface area contributed by atoms with Gasteiger partial charge in [0, 0.05) is 16.0 Å². The van der Waals surface area contributed by atoms with Gasteiger partial charge < -0.3 is 0 Å². The van der Waals surface area contributed by atoms with Crippen LogP contribution in [0.25, 0.3) is 0 Å². The molecule has 1 rings (SSSR count). The Kier molecular flexibility index (Phi) is 3.36. The monoisotopic (exact) mass is 206 g/mol. The van der Waals surface area contributed by atoms with Gasteiger partial charge in [0.2, 0.25) is 0 Å². The van der Waals surface area contributed by atoms with E-state index in [9.17, 15) is 4.39 Å². The van der Waals surface area contributed by atoms with Crippen LogP contribution in [0.2, 0.25) is 10.0 Å². The van der Waals surface area contributed by atoms with E-state index in [2.05, 4.69) is 0 Å². The number of benzene rings is 1. The summed E-state index contributed by atoms with van der Waals surface area (Å²) in [5.74, 6) is -0.138. The molecule has 0 N–H and O–H groups in total. The number of hydrogen-bond donors (Lipinski definition) is 0. The van der Waals surface area contributed by atoms with Crippen LogP contribution in [-0.4, -0.2) is 6.67 Å². The summed E-state index contributed by atoms with van der Waals surface area (Å²) < 4.78 is 12.2. The van der Waals surface area contributed by atoms with E-state index in [1.165, 1.54) is 0 Å². The normalized spacial score (nSPS) is 13.0. The van der Waals surface area contributed by atoms with Crippen LogP contribution >= 0.6 is 23.2 Å². The summed E-state index contributed by atoms with van der Waals surface area (Å²) in [6, 6.07) is 5.10. The van der Waals surface area contributed by atoms with E-state index in [-0.39, 0.29) is 5.92 Å². The Morgan fingerprint density at radius 2 is 1.75 bits per heavy atom. The largest absolute Gasteiger partial charge is 0.250 e. The minimum absolute atomic E-state index is 0.138. The van der Waals surface area contributed by atoms with Crippen molar-refractivity contribution in [1.82, 2.24) is 0 Å². The van der Waals surface area contributed by atoms with Gasteiger partial charge in [0.05, 0.1) is 6.67 Å². The highest BCUT2D eigenvalue weighted by Crippen LogP contribution is 2.24. The lowest BCUT2D eigenvalue weighted by atomic mass is 10.0. The second kappa shape index (κ2) is 4.11. The van der Waals surface area contributed by atoms with E-state index in [1.807, 2.05) is 0 Å². The Balaban J connectivity index is 3.00. The third kappa shape index (κ3) is 2.36. The van der Waals surface area contributed by atoms with E-state index in [0.29, 0.717) is 10.0 Å².